The van der Waals surface area contributed by atoms with E-state index in [1.54, 1.807) is 0 Å². The fourth-order valence-corrected chi connectivity index (χ4v) is 4.71. The second-order valence-corrected chi connectivity index (χ2v) is 8.54. The van der Waals surface area contributed by atoms with Crippen molar-refractivity contribution >= 4 is 5.82 Å². The van der Waals surface area contributed by atoms with Gasteiger partial charge < -0.3 is 19.6 Å². The number of rotatable bonds is 6. The van der Waals surface area contributed by atoms with Crippen molar-refractivity contribution in [2.45, 2.75) is 32.2 Å². The van der Waals surface area contributed by atoms with Gasteiger partial charge in [0.15, 0.2) is 0 Å². The second-order valence-electron chi connectivity index (χ2n) is 8.54. The van der Waals surface area contributed by atoms with Crippen molar-refractivity contribution in [2.75, 3.05) is 70.5 Å². The van der Waals surface area contributed by atoms with Crippen LogP contribution in [0.3, 0.4) is 0 Å². The number of aliphatic hydroxyl groups excluding tert-OH is 1. The summed E-state index contributed by atoms with van der Waals surface area (Å²) in [5.74, 6) is 1.08. The van der Waals surface area contributed by atoms with Gasteiger partial charge in [-0.1, -0.05) is 6.07 Å². The molecule has 0 spiro atoms. The minimum absolute atomic E-state index is 0.0805. The first-order valence-electron chi connectivity index (χ1n) is 10.6. The molecule has 150 valence electrons. The number of nitrogens with zero attached hydrogens (tertiary/aromatic N) is 4. The van der Waals surface area contributed by atoms with Crippen molar-refractivity contribution in [1.29, 1.82) is 0 Å². The summed E-state index contributed by atoms with van der Waals surface area (Å²) in [7, 11) is 0. The van der Waals surface area contributed by atoms with E-state index in [1.165, 1.54) is 31.5 Å². The van der Waals surface area contributed by atoms with E-state index in [0.29, 0.717) is 6.61 Å². The fourth-order valence-electron chi connectivity index (χ4n) is 4.71. The summed E-state index contributed by atoms with van der Waals surface area (Å²) >= 11 is 0. The molecule has 0 aliphatic carbocycles. The van der Waals surface area contributed by atoms with Crippen molar-refractivity contribution in [3.05, 3.63) is 23.9 Å². The first-order valence-corrected chi connectivity index (χ1v) is 10.6. The van der Waals surface area contributed by atoms with Gasteiger partial charge in [-0.05, 0) is 50.4 Å². The third-order valence-corrected chi connectivity index (χ3v) is 6.56. The Morgan fingerprint density at radius 3 is 2.33 bits per heavy atom. The van der Waals surface area contributed by atoms with Gasteiger partial charge in [-0.3, -0.25) is 4.90 Å². The van der Waals surface area contributed by atoms with Crippen LogP contribution in [0.15, 0.2) is 18.3 Å². The average Bonchev–Trinajstić information content (AvgIpc) is 3.23. The van der Waals surface area contributed by atoms with Crippen molar-refractivity contribution in [3.8, 4) is 0 Å². The molecule has 4 rings (SSSR count). The zero-order chi connectivity index (χ0) is 18.5. The lowest BCUT2D eigenvalue weighted by molar-refractivity contribution is 0.0341. The minimum atomic E-state index is 0.0805. The van der Waals surface area contributed by atoms with Crippen LogP contribution in [0.2, 0.25) is 0 Å². The van der Waals surface area contributed by atoms with Gasteiger partial charge in [0.05, 0.1) is 19.8 Å². The molecule has 1 aromatic rings. The van der Waals surface area contributed by atoms with Crippen molar-refractivity contribution in [3.63, 3.8) is 0 Å². The summed E-state index contributed by atoms with van der Waals surface area (Å²) in [4.78, 5) is 12.1. The molecular formula is C21H34N4O2. The van der Waals surface area contributed by atoms with Crippen LogP contribution in [-0.4, -0.2) is 85.5 Å². The molecule has 0 amide bonds. The molecule has 0 radical (unpaired) electrons. The number of morpholine rings is 1. The van der Waals surface area contributed by atoms with Gasteiger partial charge in [0, 0.05) is 50.9 Å². The maximum Gasteiger partial charge on any atom is 0.128 e. The number of hydrogen-bond donors (Lipinski definition) is 1. The third kappa shape index (κ3) is 4.80. The highest BCUT2D eigenvalue weighted by Gasteiger charge is 2.36. The molecule has 1 N–H and O–H groups in total. The van der Waals surface area contributed by atoms with Crippen LogP contribution in [-0.2, 0) is 11.3 Å². The smallest absolute Gasteiger partial charge is 0.128 e. The molecule has 3 aliphatic rings. The summed E-state index contributed by atoms with van der Waals surface area (Å²) in [6, 6.07) is 4.39. The second kappa shape index (κ2) is 8.86. The minimum Gasteiger partial charge on any atom is -0.396 e. The van der Waals surface area contributed by atoms with E-state index in [4.69, 9.17) is 9.72 Å². The highest BCUT2D eigenvalue weighted by Crippen LogP contribution is 2.34. The highest BCUT2D eigenvalue weighted by atomic mass is 16.5. The molecule has 0 atom stereocenters. The van der Waals surface area contributed by atoms with Gasteiger partial charge in [0.2, 0.25) is 0 Å². The van der Waals surface area contributed by atoms with Crippen LogP contribution < -0.4 is 4.90 Å². The largest absolute Gasteiger partial charge is 0.396 e. The maximum atomic E-state index is 10.1. The Labute approximate surface area is 163 Å². The monoisotopic (exact) mass is 374 g/mol. The normalized spacial score (nSPS) is 24.4. The van der Waals surface area contributed by atoms with Crippen LogP contribution in [0.4, 0.5) is 5.82 Å². The SMILES string of the molecule is OCC1(CN2CCCC2)CCN(c2ccc(CN3CCOCC3)cn2)CC1. The molecule has 27 heavy (non-hydrogen) atoms. The summed E-state index contributed by atoms with van der Waals surface area (Å²) in [6.45, 7) is 10.4. The average molecular weight is 375 g/mol. The fraction of sp³-hybridized carbons (Fsp3) is 0.762. The Morgan fingerprint density at radius 1 is 0.963 bits per heavy atom. The number of aromatic nitrogens is 1. The Morgan fingerprint density at radius 2 is 1.70 bits per heavy atom. The Kier molecular flexibility index (Phi) is 6.28. The van der Waals surface area contributed by atoms with E-state index in [0.717, 1.165) is 71.1 Å². The lowest BCUT2D eigenvalue weighted by atomic mass is 9.78. The van der Waals surface area contributed by atoms with Gasteiger partial charge in [0.25, 0.3) is 0 Å². The molecular weight excluding hydrogens is 340 g/mol. The number of aliphatic hydroxyl groups is 1. The molecule has 3 fully saturated rings. The van der Waals surface area contributed by atoms with Gasteiger partial charge in [-0.25, -0.2) is 4.98 Å². The summed E-state index contributed by atoms with van der Waals surface area (Å²) in [6.07, 6.45) is 6.76. The number of likely N-dealkylation sites (tertiary alicyclic amines) is 1. The third-order valence-electron chi connectivity index (χ3n) is 6.56. The summed E-state index contributed by atoms with van der Waals surface area (Å²) in [5.41, 5.74) is 1.35. The van der Waals surface area contributed by atoms with Gasteiger partial charge in [-0.15, -0.1) is 0 Å². The Balaban J connectivity index is 1.30. The van der Waals surface area contributed by atoms with Crippen LogP contribution in [0.5, 0.6) is 0 Å². The van der Waals surface area contributed by atoms with Gasteiger partial charge >= 0.3 is 0 Å². The van der Waals surface area contributed by atoms with Crippen molar-refractivity contribution in [1.82, 2.24) is 14.8 Å². The molecule has 0 aromatic carbocycles. The predicted molar refractivity (Wildman–Crippen MR) is 107 cm³/mol. The van der Waals surface area contributed by atoms with Gasteiger partial charge in [0.1, 0.15) is 5.82 Å². The lowest BCUT2D eigenvalue weighted by Crippen LogP contribution is -2.48. The van der Waals surface area contributed by atoms with E-state index >= 15 is 0 Å². The van der Waals surface area contributed by atoms with Crippen LogP contribution in [0.25, 0.3) is 0 Å². The summed E-state index contributed by atoms with van der Waals surface area (Å²) < 4.78 is 5.42. The molecule has 0 bridgehead atoms. The quantitative estimate of drug-likeness (QED) is 0.816. The zero-order valence-electron chi connectivity index (χ0n) is 16.5. The number of hydrogen-bond acceptors (Lipinski definition) is 6. The molecule has 0 unspecified atom stereocenters. The molecule has 4 heterocycles. The Bertz CT molecular complexity index is 574. The topological polar surface area (TPSA) is 52.1 Å². The molecule has 1 aromatic heterocycles. The number of pyridine rings is 1. The zero-order valence-corrected chi connectivity index (χ0v) is 16.5. The van der Waals surface area contributed by atoms with Crippen LogP contribution in [0, 0.1) is 5.41 Å². The lowest BCUT2D eigenvalue weighted by Gasteiger charge is -2.43. The number of ether oxygens (including phenoxy) is 1. The van der Waals surface area contributed by atoms with E-state index < -0.39 is 0 Å². The molecule has 3 saturated heterocycles. The van der Waals surface area contributed by atoms with Crippen molar-refractivity contribution in [2.24, 2.45) is 5.41 Å². The molecule has 6 nitrogen and oxygen atoms in total. The summed E-state index contributed by atoms with van der Waals surface area (Å²) in [5, 5.41) is 10.1. The van der Waals surface area contributed by atoms with E-state index in [2.05, 4.69) is 26.8 Å². The number of anilines is 1. The Hall–Kier alpha value is -1.21. The first kappa shape index (κ1) is 19.1. The standard InChI is InChI=1S/C21H34N4O2/c26-18-21(17-24-7-1-2-8-24)5-9-25(10-6-21)20-4-3-19(15-22-20)16-23-11-13-27-14-12-23/h3-4,15,26H,1-2,5-14,16-18H2. The highest BCUT2D eigenvalue weighted by molar-refractivity contribution is 5.40. The van der Waals surface area contributed by atoms with Gasteiger partial charge in [-0.2, -0.15) is 0 Å². The van der Waals surface area contributed by atoms with E-state index in [9.17, 15) is 5.11 Å². The first-order chi connectivity index (χ1) is 13.3. The molecule has 0 saturated carbocycles. The molecule has 6 heteroatoms. The van der Waals surface area contributed by atoms with E-state index in [-0.39, 0.29) is 5.41 Å². The van der Waals surface area contributed by atoms with E-state index in [1.807, 2.05) is 6.20 Å². The molecule has 3 aliphatic heterocycles. The predicted octanol–water partition coefficient (Wildman–Crippen LogP) is 1.59. The van der Waals surface area contributed by atoms with Crippen molar-refractivity contribution < 1.29 is 9.84 Å². The van der Waals surface area contributed by atoms with Crippen LogP contribution in [0.1, 0.15) is 31.2 Å². The maximum absolute atomic E-state index is 10.1. The number of piperidine rings is 1. The van der Waals surface area contributed by atoms with Crippen LogP contribution >= 0.6 is 0 Å².